The van der Waals surface area contributed by atoms with E-state index >= 15 is 0 Å². The Hall–Kier alpha value is -2.10. The summed E-state index contributed by atoms with van der Waals surface area (Å²) in [6.07, 6.45) is 1.93. The summed E-state index contributed by atoms with van der Waals surface area (Å²) in [7, 11) is 1.57. The first-order valence-electron chi connectivity index (χ1n) is 7.95. The van der Waals surface area contributed by atoms with Gasteiger partial charge in [-0.05, 0) is 37.1 Å². The second kappa shape index (κ2) is 8.51. The second-order valence-corrected chi connectivity index (χ2v) is 5.80. The summed E-state index contributed by atoms with van der Waals surface area (Å²) in [6, 6.07) is 7.74. The number of ether oxygens (including phenoxy) is 1. The molecule has 0 spiro atoms. The van der Waals surface area contributed by atoms with E-state index in [4.69, 9.17) is 15.7 Å². The average Bonchev–Trinajstić information content (AvgIpc) is 2.59. The van der Waals surface area contributed by atoms with Gasteiger partial charge in [0.25, 0.3) is 0 Å². The number of carbonyl (C=O) groups is 1. The molecule has 1 aromatic rings. The lowest BCUT2D eigenvalue weighted by Gasteiger charge is -2.32. The monoisotopic (exact) mass is 316 g/mol. The van der Waals surface area contributed by atoms with Gasteiger partial charge in [-0.3, -0.25) is 9.69 Å². The minimum Gasteiger partial charge on any atom is -0.495 e. The van der Waals surface area contributed by atoms with E-state index in [1.807, 2.05) is 12.1 Å². The minimum absolute atomic E-state index is 0.0237. The second-order valence-electron chi connectivity index (χ2n) is 5.80. The first-order chi connectivity index (χ1) is 11.2. The number of nitrogens with two attached hydrogens (primary N) is 1. The summed E-state index contributed by atoms with van der Waals surface area (Å²) in [5, 5.41) is 11.9. The molecular formula is C17H24N4O2. The first kappa shape index (κ1) is 17.3. The number of likely N-dealkylation sites (tertiary alicyclic amines) is 1. The largest absolute Gasteiger partial charge is 0.495 e. The van der Waals surface area contributed by atoms with E-state index in [9.17, 15) is 4.79 Å². The maximum atomic E-state index is 12.1. The van der Waals surface area contributed by atoms with Crippen LogP contribution in [0.4, 0.5) is 0 Å². The summed E-state index contributed by atoms with van der Waals surface area (Å²) < 4.78 is 5.25. The highest BCUT2D eigenvalue weighted by molar-refractivity contribution is 5.78. The van der Waals surface area contributed by atoms with Crippen LogP contribution in [0.5, 0.6) is 5.75 Å². The molecule has 1 aromatic carbocycles. The van der Waals surface area contributed by atoms with E-state index < -0.39 is 0 Å². The molecule has 1 amide bonds. The molecule has 1 aliphatic rings. The summed E-state index contributed by atoms with van der Waals surface area (Å²) >= 11 is 0. The van der Waals surface area contributed by atoms with Gasteiger partial charge in [0, 0.05) is 26.2 Å². The highest BCUT2D eigenvalue weighted by atomic mass is 16.5. The molecule has 0 saturated carbocycles. The Morgan fingerprint density at radius 3 is 3.09 bits per heavy atom. The molecule has 124 valence electrons. The molecule has 1 atom stereocenters. The van der Waals surface area contributed by atoms with Crippen molar-refractivity contribution in [1.29, 1.82) is 5.26 Å². The topological polar surface area (TPSA) is 91.4 Å². The molecule has 23 heavy (non-hydrogen) atoms. The molecule has 6 heteroatoms. The van der Waals surface area contributed by atoms with Gasteiger partial charge < -0.3 is 15.8 Å². The number of methoxy groups -OCH3 is 1. The molecule has 0 bridgehead atoms. The van der Waals surface area contributed by atoms with Crippen molar-refractivity contribution in [3.63, 3.8) is 0 Å². The molecule has 0 radical (unpaired) electrons. The van der Waals surface area contributed by atoms with Crippen LogP contribution in [-0.4, -0.2) is 44.1 Å². The lowest BCUT2D eigenvalue weighted by Crippen LogP contribution is -2.43. The molecule has 0 aromatic heterocycles. The highest BCUT2D eigenvalue weighted by Gasteiger charge is 2.25. The number of benzene rings is 1. The SMILES string of the molecule is COc1cc(CN2CCCC(C(=O)NCCN)C2)ccc1C#N. The number of piperidine rings is 1. The van der Waals surface area contributed by atoms with Crippen molar-refractivity contribution in [3.8, 4) is 11.8 Å². The number of amides is 1. The van der Waals surface area contributed by atoms with Gasteiger partial charge in [0.1, 0.15) is 11.8 Å². The molecule has 1 aliphatic heterocycles. The van der Waals surface area contributed by atoms with Gasteiger partial charge in [0.2, 0.25) is 5.91 Å². The Bertz CT molecular complexity index is 582. The summed E-state index contributed by atoms with van der Waals surface area (Å²) in [5.74, 6) is 0.715. The van der Waals surface area contributed by atoms with Gasteiger partial charge in [-0.25, -0.2) is 0 Å². The molecule has 1 unspecified atom stereocenters. The number of hydrogen-bond donors (Lipinski definition) is 2. The van der Waals surface area contributed by atoms with Crippen molar-refractivity contribution in [1.82, 2.24) is 10.2 Å². The number of carbonyl (C=O) groups excluding carboxylic acids is 1. The van der Waals surface area contributed by atoms with Gasteiger partial charge in [-0.15, -0.1) is 0 Å². The van der Waals surface area contributed by atoms with E-state index in [1.54, 1.807) is 13.2 Å². The Labute approximate surface area is 137 Å². The third-order valence-electron chi connectivity index (χ3n) is 4.11. The number of nitrogens with zero attached hydrogens (tertiary/aromatic N) is 2. The fourth-order valence-electron chi connectivity index (χ4n) is 2.94. The predicted molar refractivity (Wildman–Crippen MR) is 87.8 cm³/mol. The summed E-state index contributed by atoms with van der Waals surface area (Å²) in [4.78, 5) is 14.4. The Morgan fingerprint density at radius 2 is 2.39 bits per heavy atom. The van der Waals surface area contributed by atoms with Crippen LogP contribution in [0.2, 0.25) is 0 Å². The van der Waals surface area contributed by atoms with Crippen molar-refractivity contribution in [2.45, 2.75) is 19.4 Å². The molecule has 1 fully saturated rings. The van der Waals surface area contributed by atoms with Crippen molar-refractivity contribution >= 4 is 5.91 Å². The van der Waals surface area contributed by atoms with Crippen LogP contribution in [0.15, 0.2) is 18.2 Å². The van der Waals surface area contributed by atoms with Crippen LogP contribution in [-0.2, 0) is 11.3 Å². The predicted octanol–water partition coefficient (Wildman–Crippen LogP) is 0.854. The fraction of sp³-hybridized carbons (Fsp3) is 0.529. The summed E-state index contributed by atoms with van der Waals surface area (Å²) in [5.41, 5.74) is 7.05. The zero-order chi connectivity index (χ0) is 16.7. The Morgan fingerprint density at radius 1 is 1.57 bits per heavy atom. The molecule has 2 rings (SSSR count). The fourth-order valence-corrected chi connectivity index (χ4v) is 2.94. The number of nitriles is 1. The molecule has 1 saturated heterocycles. The van der Waals surface area contributed by atoms with E-state index in [-0.39, 0.29) is 11.8 Å². The number of nitrogens with one attached hydrogen (secondary N) is 1. The van der Waals surface area contributed by atoms with Crippen molar-refractivity contribution in [2.24, 2.45) is 11.7 Å². The highest BCUT2D eigenvalue weighted by Crippen LogP contribution is 2.23. The number of rotatable bonds is 6. The average molecular weight is 316 g/mol. The minimum atomic E-state index is 0.0237. The van der Waals surface area contributed by atoms with Crippen molar-refractivity contribution in [2.75, 3.05) is 33.3 Å². The Balaban J connectivity index is 1.97. The molecular weight excluding hydrogens is 292 g/mol. The zero-order valence-electron chi connectivity index (χ0n) is 13.5. The third kappa shape index (κ3) is 4.68. The normalized spacial score (nSPS) is 18.2. The molecule has 3 N–H and O–H groups in total. The number of hydrogen-bond acceptors (Lipinski definition) is 5. The first-order valence-corrected chi connectivity index (χ1v) is 7.95. The smallest absolute Gasteiger partial charge is 0.224 e. The molecule has 6 nitrogen and oxygen atoms in total. The van der Waals surface area contributed by atoms with Crippen LogP contribution in [0.1, 0.15) is 24.0 Å². The van der Waals surface area contributed by atoms with E-state index in [0.29, 0.717) is 24.4 Å². The molecule has 1 heterocycles. The standard InChI is InChI=1S/C17H24N4O2/c1-23-16-9-13(4-5-14(16)10-19)11-21-8-2-3-15(12-21)17(22)20-7-6-18/h4-5,9,15H,2-3,6-8,11-12,18H2,1H3,(H,20,22). The van der Waals surface area contributed by atoms with Crippen LogP contribution in [0.25, 0.3) is 0 Å². The van der Waals surface area contributed by atoms with Gasteiger partial charge in [0.15, 0.2) is 0 Å². The van der Waals surface area contributed by atoms with Gasteiger partial charge in [-0.2, -0.15) is 5.26 Å². The molecule has 0 aliphatic carbocycles. The van der Waals surface area contributed by atoms with Crippen LogP contribution < -0.4 is 15.8 Å². The van der Waals surface area contributed by atoms with Crippen LogP contribution in [0, 0.1) is 17.2 Å². The van der Waals surface area contributed by atoms with Gasteiger partial charge >= 0.3 is 0 Å². The van der Waals surface area contributed by atoms with E-state index in [2.05, 4.69) is 16.3 Å². The lowest BCUT2D eigenvalue weighted by atomic mass is 9.96. The van der Waals surface area contributed by atoms with Gasteiger partial charge in [-0.1, -0.05) is 6.07 Å². The lowest BCUT2D eigenvalue weighted by molar-refractivity contribution is -0.126. The maximum absolute atomic E-state index is 12.1. The van der Waals surface area contributed by atoms with E-state index in [0.717, 1.165) is 38.0 Å². The quantitative estimate of drug-likeness (QED) is 0.812. The van der Waals surface area contributed by atoms with Crippen molar-refractivity contribution < 1.29 is 9.53 Å². The van der Waals surface area contributed by atoms with Crippen LogP contribution >= 0.6 is 0 Å². The van der Waals surface area contributed by atoms with Crippen LogP contribution in [0.3, 0.4) is 0 Å². The Kier molecular flexibility index (Phi) is 6.39. The third-order valence-corrected chi connectivity index (χ3v) is 4.11. The summed E-state index contributed by atoms with van der Waals surface area (Å²) in [6.45, 7) is 3.47. The van der Waals surface area contributed by atoms with Gasteiger partial charge in [0.05, 0.1) is 18.6 Å². The maximum Gasteiger partial charge on any atom is 0.224 e. The zero-order valence-corrected chi connectivity index (χ0v) is 13.5. The van der Waals surface area contributed by atoms with E-state index in [1.165, 1.54) is 0 Å². The van der Waals surface area contributed by atoms with Crippen molar-refractivity contribution in [3.05, 3.63) is 29.3 Å².